The Morgan fingerprint density at radius 3 is 2.34 bits per heavy atom. The van der Waals surface area contributed by atoms with Crippen LogP contribution < -0.4 is 16.4 Å². The van der Waals surface area contributed by atoms with Crippen molar-refractivity contribution in [1.29, 1.82) is 0 Å². The quantitative estimate of drug-likeness (QED) is 0.607. The molecule has 1 aliphatic carbocycles. The maximum Gasteiger partial charge on any atom is 0.251 e. The smallest absolute Gasteiger partial charge is 0.251 e. The molecule has 154 valence electrons. The third-order valence-corrected chi connectivity index (χ3v) is 5.20. The van der Waals surface area contributed by atoms with Crippen LogP contribution in [-0.4, -0.2) is 24.5 Å². The number of amides is 2. The van der Waals surface area contributed by atoms with Crippen molar-refractivity contribution in [2.45, 2.75) is 51.4 Å². The molecule has 4 N–H and O–H groups in total. The Bertz CT molecular complexity index is 814. The first-order valence-electron chi connectivity index (χ1n) is 10.2. The second-order valence-corrected chi connectivity index (χ2v) is 7.42. The van der Waals surface area contributed by atoms with E-state index in [1.165, 1.54) is 43.2 Å². The largest absolute Gasteiger partial charge is 0.381 e. The number of hydrogen-bond donors (Lipinski definition) is 3. The lowest BCUT2D eigenvalue weighted by molar-refractivity contribution is -0.117. The minimum atomic E-state index is -0.567. The predicted molar refractivity (Wildman–Crippen MR) is 113 cm³/mol. The molecule has 2 aromatic rings. The monoisotopic (exact) mass is 395 g/mol. The number of carbonyl (C=O) groups excluding carboxylic acids is 2. The number of anilines is 1. The van der Waals surface area contributed by atoms with Gasteiger partial charge in [-0.25, -0.2) is 0 Å². The molecule has 1 saturated carbocycles. The highest BCUT2D eigenvalue weighted by atomic mass is 16.5. The third kappa shape index (κ3) is 6.61. The number of rotatable bonds is 9. The van der Waals surface area contributed by atoms with Crippen molar-refractivity contribution in [2.75, 3.05) is 11.9 Å². The van der Waals surface area contributed by atoms with Crippen LogP contribution in [0, 0.1) is 0 Å². The van der Waals surface area contributed by atoms with Crippen LogP contribution in [-0.2, 0) is 22.7 Å². The fraction of sp³-hybridized carbons (Fsp3) is 0.391. The first kappa shape index (κ1) is 20.9. The normalized spacial score (nSPS) is 14.3. The summed E-state index contributed by atoms with van der Waals surface area (Å²) in [6.07, 6.45) is 6.58. The van der Waals surface area contributed by atoms with E-state index in [4.69, 9.17) is 10.5 Å². The number of nitrogens with one attached hydrogen (secondary N) is 2. The van der Waals surface area contributed by atoms with E-state index in [-0.39, 0.29) is 12.5 Å². The van der Waals surface area contributed by atoms with Gasteiger partial charge in [-0.3, -0.25) is 9.59 Å². The topological polar surface area (TPSA) is 93.5 Å². The zero-order valence-corrected chi connectivity index (χ0v) is 16.7. The molecular formula is C23H29N3O3. The number of nitrogens with two attached hydrogens (primary N) is 1. The molecule has 0 bridgehead atoms. The predicted octanol–water partition coefficient (Wildman–Crippen LogP) is 3.36. The number of ether oxygens (including phenoxy) is 1. The third-order valence-electron chi connectivity index (χ3n) is 5.20. The molecule has 0 atom stereocenters. The first-order chi connectivity index (χ1) is 14.1. The molecule has 3 rings (SSSR count). The Kier molecular flexibility index (Phi) is 7.64. The number of benzene rings is 2. The summed E-state index contributed by atoms with van der Waals surface area (Å²) in [5.41, 5.74) is 8.84. The Hall–Kier alpha value is -2.86. The summed E-state index contributed by atoms with van der Waals surface area (Å²) in [4.78, 5) is 22.7. The summed E-state index contributed by atoms with van der Waals surface area (Å²) in [5, 5.41) is 5.87. The SMILES string of the molecule is NC(=O)CNC(=O)c1ccc(NCc2ccccc2COC2CCCCC2)cc1. The molecule has 6 heteroatoms. The van der Waals surface area contributed by atoms with Crippen LogP contribution in [0.3, 0.4) is 0 Å². The van der Waals surface area contributed by atoms with Gasteiger partial charge in [0, 0.05) is 17.8 Å². The van der Waals surface area contributed by atoms with E-state index in [2.05, 4.69) is 22.8 Å². The van der Waals surface area contributed by atoms with Crippen LogP contribution in [0.2, 0.25) is 0 Å². The maximum atomic E-state index is 11.9. The van der Waals surface area contributed by atoms with Crippen LogP contribution in [0.15, 0.2) is 48.5 Å². The minimum absolute atomic E-state index is 0.168. The standard InChI is InChI=1S/C23H29N3O3/c24-22(27)15-26-23(28)17-10-12-20(13-11-17)25-14-18-6-4-5-7-19(18)16-29-21-8-2-1-3-9-21/h4-7,10-13,21,25H,1-3,8-9,14-16H2,(H2,24,27)(H,26,28). The Morgan fingerprint density at radius 2 is 1.66 bits per heavy atom. The van der Waals surface area contributed by atoms with Crippen molar-refractivity contribution in [3.8, 4) is 0 Å². The van der Waals surface area contributed by atoms with Gasteiger partial charge < -0.3 is 21.1 Å². The Morgan fingerprint density at radius 1 is 0.966 bits per heavy atom. The minimum Gasteiger partial charge on any atom is -0.381 e. The molecule has 1 fully saturated rings. The summed E-state index contributed by atoms with van der Waals surface area (Å²) < 4.78 is 6.14. The van der Waals surface area contributed by atoms with Crippen LogP contribution >= 0.6 is 0 Å². The second-order valence-electron chi connectivity index (χ2n) is 7.42. The summed E-state index contributed by atoms with van der Waals surface area (Å²) in [7, 11) is 0. The van der Waals surface area contributed by atoms with Gasteiger partial charge in [-0.2, -0.15) is 0 Å². The van der Waals surface area contributed by atoms with Crippen molar-refractivity contribution in [2.24, 2.45) is 5.73 Å². The van der Waals surface area contributed by atoms with Gasteiger partial charge in [0.05, 0.1) is 19.3 Å². The van der Waals surface area contributed by atoms with Crippen LogP contribution in [0.5, 0.6) is 0 Å². The molecule has 0 heterocycles. The molecule has 0 aliphatic heterocycles. The van der Waals surface area contributed by atoms with Crippen LogP contribution in [0.1, 0.15) is 53.6 Å². The molecule has 0 aromatic heterocycles. The highest BCUT2D eigenvalue weighted by molar-refractivity contribution is 5.96. The zero-order valence-electron chi connectivity index (χ0n) is 16.7. The molecule has 2 amide bonds. The van der Waals surface area contributed by atoms with Crippen molar-refractivity contribution < 1.29 is 14.3 Å². The lowest BCUT2D eigenvalue weighted by atomic mass is 9.98. The van der Waals surface area contributed by atoms with Crippen molar-refractivity contribution >= 4 is 17.5 Å². The molecule has 1 aliphatic rings. The molecule has 6 nitrogen and oxygen atoms in total. The van der Waals surface area contributed by atoms with E-state index in [1.807, 2.05) is 24.3 Å². The van der Waals surface area contributed by atoms with Gasteiger partial charge in [0.1, 0.15) is 0 Å². The summed E-state index contributed by atoms with van der Waals surface area (Å²) in [6, 6.07) is 15.4. The van der Waals surface area contributed by atoms with E-state index in [0.717, 1.165) is 5.69 Å². The zero-order chi connectivity index (χ0) is 20.5. The summed E-state index contributed by atoms with van der Waals surface area (Å²) in [6.45, 7) is 1.15. The van der Waals surface area contributed by atoms with Crippen molar-refractivity contribution in [1.82, 2.24) is 5.32 Å². The fourth-order valence-electron chi connectivity index (χ4n) is 3.52. The summed E-state index contributed by atoms with van der Waals surface area (Å²) >= 11 is 0. The molecule has 0 radical (unpaired) electrons. The lowest BCUT2D eigenvalue weighted by Crippen LogP contribution is -2.33. The Labute approximate surface area is 171 Å². The fourth-order valence-corrected chi connectivity index (χ4v) is 3.52. The molecule has 2 aromatic carbocycles. The maximum absolute atomic E-state index is 11.9. The van der Waals surface area contributed by atoms with E-state index in [0.29, 0.717) is 24.8 Å². The summed E-state index contributed by atoms with van der Waals surface area (Å²) in [5.74, 6) is -0.886. The van der Waals surface area contributed by atoms with E-state index < -0.39 is 5.91 Å². The van der Waals surface area contributed by atoms with Gasteiger partial charge in [-0.05, 0) is 48.2 Å². The van der Waals surface area contributed by atoms with Crippen molar-refractivity contribution in [3.63, 3.8) is 0 Å². The highest BCUT2D eigenvalue weighted by Crippen LogP contribution is 2.22. The number of primary amides is 1. The van der Waals surface area contributed by atoms with E-state index in [9.17, 15) is 9.59 Å². The van der Waals surface area contributed by atoms with Gasteiger partial charge in [-0.15, -0.1) is 0 Å². The lowest BCUT2D eigenvalue weighted by Gasteiger charge is -2.22. The van der Waals surface area contributed by atoms with Gasteiger partial charge >= 0.3 is 0 Å². The van der Waals surface area contributed by atoms with Gasteiger partial charge in [-0.1, -0.05) is 43.5 Å². The molecule has 0 spiro atoms. The second kappa shape index (κ2) is 10.6. The van der Waals surface area contributed by atoms with E-state index in [1.54, 1.807) is 12.1 Å². The van der Waals surface area contributed by atoms with Crippen LogP contribution in [0.25, 0.3) is 0 Å². The van der Waals surface area contributed by atoms with E-state index >= 15 is 0 Å². The molecule has 0 unspecified atom stereocenters. The van der Waals surface area contributed by atoms with Gasteiger partial charge in [0.2, 0.25) is 5.91 Å². The number of carbonyl (C=O) groups is 2. The Balaban J connectivity index is 1.53. The average Bonchev–Trinajstić information content (AvgIpc) is 2.76. The molecule has 29 heavy (non-hydrogen) atoms. The van der Waals surface area contributed by atoms with Crippen LogP contribution in [0.4, 0.5) is 5.69 Å². The van der Waals surface area contributed by atoms with Crippen molar-refractivity contribution in [3.05, 3.63) is 65.2 Å². The average molecular weight is 396 g/mol. The molecule has 0 saturated heterocycles. The van der Waals surface area contributed by atoms with Gasteiger partial charge in [0.25, 0.3) is 5.91 Å². The highest BCUT2D eigenvalue weighted by Gasteiger charge is 2.14. The first-order valence-corrected chi connectivity index (χ1v) is 10.2. The number of hydrogen-bond acceptors (Lipinski definition) is 4. The van der Waals surface area contributed by atoms with Gasteiger partial charge in [0.15, 0.2) is 0 Å². The molecular weight excluding hydrogens is 366 g/mol.